The summed E-state index contributed by atoms with van der Waals surface area (Å²) in [5, 5.41) is 1.13. The van der Waals surface area contributed by atoms with Gasteiger partial charge in [0.25, 0.3) is 0 Å². The molecule has 0 atom stereocenters. The number of pyridine rings is 1. The van der Waals surface area contributed by atoms with Crippen LogP contribution in [0.2, 0.25) is 0 Å². The molecule has 0 radical (unpaired) electrons. The lowest BCUT2D eigenvalue weighted by molar-refractivity contribution is -0.131. The number of amides is 1. The van der Waals surface area contributed by atoms with E-state index < -0.39 is 0 Å². The van der Waals surface area contributed by atoms with Gasteiger partial charge in [-0.25, -0.2) is 0 Å². The van der Waals surface area contributed by atoms with Gasteiger partial charge in [-0.05, 0) is 35.4 Å². The van der Waals surface area contributed by atoms with Crippen molar-refractivity contribution in [2.75, 3.05) is 13.2 Å². The Balaban J connectivity index is 1.78. The Kier molecular flexibility index (Phi) is 4.10. The monoisotopic (exact) mass is 332 g/mol. The van der Waals surface area contributed by atoms with Crippen LogP contribution in [0.3, 0.4) is 0 Å². The molecule has 0 aliphatic carbocycles. The van der Waals surface area contributed by atoms with E-state index in [0.29, 0.717) is 26.1 Å². The molecule has 0 N–H and O–H groups in total. The normalized spacial score (nSPS) is 13.9. The molecular weight excluding hydrogens is 312 g/mol. The van der Waals surface area contributed by atoms with Crippen molar-refractivity contribution in [1.29, 1.82) is 0 Å². The number of hydrogen-bond acceptors (Lipinski definition) is 3. The molecule has 2 aromatic carbocycles. The van der Waals surface area contributed by atoms with Gasteiger partial charge in [0.05, 0.1) is 12.1 Å². The Morgan fingerprint density at radius 3 is 2.96 bits per heavy atom. The maximum absolute atomic E-state index is 12.1. The summed E-state index contributed by atoms with van der Waals surface area (Å²) in [7, 11) is 0. The second-order valence-electron chi connectivity index (χ2n) is 6.22. The average Bonchev–Trinajstić information content (AvgIpc) is 2.88. The van der Waals surface area contributed by atoms with Crippen LogP contribution < -0.4 is 4.74 Å². The van der Waals surface area contributed by atoms with Crippen molar-refractivity contribution in [1.82, 2.24) is 9.88 Å². The fourth-order valence-electron chi connectivity index (χ4n) is 3.35. The summed E-state index contributed by atoms with van der Waals surface area (Å²) in [6.45, 7) is 3.67. The Morgan fingerprint density at radius 2 is 2.08 bits per heavy atom. The van der Waals surface area contributed by atoms with Crippen LogP contribution in [0.15, 0.2) is 54.7 Å². The number of para-hydroxylation sites is 1. The van der Waals surface area contributed by atoms with Crippen LogP contribution in [0.1, 0.15) is 18.9 Å². The number of ether oxygens (including phenoxy) is 1. The van der Waals surface area contributed by atoms with Crippen LogP contribution >= 0.6 is 0 Å². The number of carbonyl (C=O) groups excluding carboxylic acids is 1. The van der Waals surface area contributed by atoms with Crippen molar-refractivity contribution < 1.29 is 9.53 Å². The molecule has 0 unspecified atom stereocenters. The Morgan fingerprint density at radius 1 is 1.20 bits per heavy atom. The van der Waals surface area contributed by atoms with Gasteiger partial charge in [0.1, 0.15) is 12.4 Å². The predicted octanol–water partition coefficient (Wildman–Crippen LogP) is 4.03. The minimum Gasteiger partial charge on any atom is -0.491 e. The fraction of sp³-hybridized carbons (Fsp3) is 0.238. The molecule has 0 saturated carbocycles. The molecule has 2 heterocycles. The number of fused-ring (bicyclic) bond motifs is 2. The summed E-state index contributed by atoms with van der Waals surface area (Å²) in [5.74, 6) is 1.03. The van der Waals surface area contributed by atoms with Crippen LogP contribution in [-0.2, 0) is 11.3 Å². The molecule has 0 fully saturated rings. The van der Waals surface area contributed by atoms with E-state index in [9.17, 15) is 4.79 Å². The van der Waals surface area contributed by atoms with Gasteiger partial charge in [-0.15, -0.1) is 0 Å². The molecule has 1 aliphatic heterocycles. The predicted molar refractivity (Wildman–Crippen MR) is 98.4 cm³/mol. The largest absolute Gasteiger partial charge is 0.491 e. The first kappa shape index (κ1) is 15.6. The Hall–Kier alpha value is -2.88. The first-order valence-corrected chi connectivity index (χ1v) is 8.64. The van der Waals surface area contributed by atoms with Crippen LogP contribution in [0.4, 0.5) is 0 Å². The van der Waals surface area contributed by atoms with Gasteiger partial charge in [0.2, 0.25) is 5.91 Å². The van der Waals surface area contributed by atoms with Gasteiger partial charge in [0.15, 0.2) is 0 Å². The fourth-order valence-corrected chi connectivity index (χ4v) is 3.35. The molecule has 4 nitrogen and oxygen atoms in total. The highest BCUT2D eigenvalue weighted by Crippen LogP contribution is 2.32. The van der Waals surface area contributed by atoms with Crippen LogP contribution in [0.5, 0.6) is 5.75 Å². The summed E-state index contributed by atoms with van der Waals surface area (Å²) in [4.78, 5) is 18.4. The van der Waals surface area contributed by atoms with Crippen molar-refractivity contribution in [2.45, 2.75) is 19.9 Å². The van der Waals surface area contributed by atoms with Gasteiger partial charge >= 0.3 is 0 Å². The molecule has 0 bridgehead atoms. The molecular formula is C21H20N2O2. The van der Waals surface area contributed by atoms with Crippen LogP contribution in [0.25, 0.3) is 22.0 Å². The lowest BCUT2D eigenvalue weighted by Gasteiger charge is -2.19. The molecule has 0 saturated heterocycles. The number of aromatic nitrogens is 1. The minimum atomic E-state index is 0.163. The SMILES string of the molecule is CCC(=O)N1CCOc2ccc(-c3ccnc4ccccc34)cc2C1. The zero-order valence-corrected chi connectivity index (χ0v) is 14.2. The summed E-state index contributed by atoms with van der Waals surface area (Å²) >= 11 is 0. The average molecular weight is 332 g/mol. The number of hydrogen-bond donors (Lipinski definition) is 0. The van der Waals surface area contributed by atoms with E-state index in [-0.39, 0.29) is 5.91 Å². The summed E-state index contributed by atoms with van der Waals surface area (Å²) in [6.07, 6.45) is 2.36. The van der Waals surface area contributed by atoms with Crippen molar-refractivity contribution in [3.8, 4) is 16.9 Å². The first-order valence-electron chi connectivity index (χ1n) is 8.64. The smallest absolute Gasteiger partial charge is 0.222 e. The third-order valence-corrected chi connectivity index (χ3v) is 4.66. The zero-order valence-electron chi connectivity index (χ0n) is 14.2. The quantitative estimate of drug-likeness (QED) is 0.711. The zero-order chi connectivity index (χ0) is 17.2. The topological polar surface area (TPSA) is 42.4 Å². The van der Waals surface area contributed by atoms with E-state index in [1.54, 1.807) is 0 Å². The van der Waals surface area contributed by atoms with Gasteiger partial charge < -0.3 is 9.64 Å². The Bertz CT molecular complexity index is 931. The lowest BCUT2D eigenvalue weighted by Crippen LogP contribution is -2.31. The van der Waals surface area contributed by atoms with Gasteiger partial charge in [-0.2, -0.15) is 0 Å². The minimum absolute atomic E-state index is 0.163. The highest BCUT2D eigenvalue weighted by molar-refractivity contribution is 5.94. The van der Waals surface area contributed by atoms with Crippen molar-refractivity contribution in [3.05, 3.63) is 60.3 Å². The number of rotatable bonds is 2. The maximum Gasteiger partial charge on any atom is 0.222 e. The third kappa shape index (κ3) is 2.95. The van der Waals surface area contributed by atoms with Gasteiger partial charge in [-0.3, -0.25) is 9.78 Å². The van der Waals surface area contributed by atoms with Crippen molar-refractivity contribution >= 4 is 16.8 Å². The number of carbonyl (C=O) groups is 1. The number of benzene rings is 2. The summed E-state index contributed by atoms with van der Waals surface area (Å²) in [5.41, 5.74) is 4.30. The van der Waals surface area contributed by atoms with E-state index in [1.807, 2.05) is 48.4 Å². The van der Waals surface area contributed by atoms with E-state index in [2.05, 4.69) is 23.2 Å². The molecule has 1 aromatic heterocycles. The highest BCUT2D eigenvalue weighted by atomic mass is 16.5. The molecule has 126 valence electrons. The molecule has 4 heteroatoms. The first-order chi connectivity index (χ1) is 12.3. The van der Waals surface area contributed by atoms with E-state index in [1.165, 1.54) is 0 Å². The van der Waals surface area contributed by atoms with E-state index >= 15 is 0 Å². The summed E-state index contributed by atoms with van der Waals surface area (Å²) in [6, 6.07) is 16.4. The third-order valence-electron chi connectivity index (χ3n) is 4.66. The van der Waals surface area contributed by atoms with E-state index in [4.69, 9.17) is 4.74 Å². The van der Waals surface area contributed by atoms with Gasteiger partial charge in [-0.1, -0.05) is 31.2 Å². The lowest BCUT2D eigenvalue weighted by atomic mass is 9.99. The number of nitrogens with zero attached hydrogens (tertiary/aromatic N) is 2. The summed E-state index contributed by atoms with van der Waals surface area (Å²) < 4.78 is 5.85. The molecule has 1 amide bonds. The van der Waals surface area contributed by atoms with Crippen LogP contribution in [0, 0.1) is 0 Å². The molecule has 0 spiro atoms. The molecule has 1 aliphatic rings. The Labute approximate surface area is 147 Å². The molecule has 4 rings (SSSR count). The second kappa shape index (κ2) is 6.55. The molecule has 3 aromatic rings. The van der Waals surface area contributed by atoms with Crippen molar-refractivity contribution in [2.24, 2.45) is 0 Å². The van der Waals surface area contributed by atoms with Crippen molar-refractivity contribution in [3.63, 3.8) is 0 Å². The van der Waals surface area contributed by atoms with Gasteiger partial charge in [0, 0.05) is 30.1 Å². The van der Waals surface area contributed by atoms with Crippen LogP contribution in [-0.4, -0.2) is 28.9 Å². The second-order valence-corrected chi connectivity index (χ2v) is 6.22. The standard InChI is InChI=1S/C21H20N2O2/c1-2-21(24)23-11-12-25-20-8-7-15(13-16(20)14-23)17-9-10-22-19-6-4-3-5-18(17)19/h3-10,13H,2,11-12,14H2,1H3. The molecule has 25 heavy (non-hydrogen) atoms. The van der Waals surface area contributed by atoms with E-state index in [0.717, 1.165) is 33.3 Å². The highest BCUT2D eigenvalue weighted by Gasteiger charge is 2.19. The maximum atomic E-state index is 12.1.